The maximum absolute atomic E-state index is 5.78. The normalized spacial score (nSPS) is 9.39. The minimum atomic E-state index is -0.868. The van der Waals surface area contributed by atoms with Gasteiger partial charge in [-0.15, -0.1) is 0 Å². The third kappa shape index (κ3) is 6.05. The van der Waals surface area contributed by atoms with Gasteiger partial charge in [0.15, 0.2) is 0 Å². The Kier molecular flexibility index (Phi) is 7.72. The van der Waals surface area contributed by atoms with E-state index in [9.17, 15) is 0 Å². The van der Waals surface area contributed by atoms with Gasteiger partial charge in [0.05, 0.1) is 0 Å². The van der Waals surface area contributed by atoms with Gasteiger partial charge in [0.1, 0.15) is 17.2 Å². The maximum atomic E-state index is 5.78. The second-order valence-electron chi connectivity index (χ2n) is 4.58. The molecule has 0 radical (unpaired) electrons. The summed E-state index contributed by atoms with van der Waals surface area (Å²) in [7, 11) is -0.868. The third-order valence-electron chi connectivity index (χ3n) is 2.93. The Morgan fingerprint density at radius 1 is 0.478 bits per heavy atom. The number of benzene rings is 3. The summed E-state index contributed by atoms with van der Waals surface area (Å²) in [6.45, 7) is 0. The van der Waals surface area contributed by atoms with Gasteiger partial charge in [0.25, 0.3) is 0 Å². The van der Waals surface area contributed by atoms with E-state index in [4.69, 9.17) is 14.0 Å². The van der Waals surface area contributed by atoms with Gasteiger partial charge in [-0.2, -0.15) is 0 Å². The van der Waals surface area contributed by atoms with E-state index in [0.717, 1.165) is 0 Å². The van der Waals surface area contributed by atoms with E-state index in [2.05, 4.69) is 0 Å². The molecular formula is C18H16BKO3. The Bertz CT molecular complexity index is 588. The van der Waals surface area contributed by atoms with Crippen molar-refractivity contribution in [2.45, 2.75) is 0 Å². The minimum absolute atomic E-state index is 0. The zero-order chi connectivity index (χ0) is 15.0. The standard InChI is InChI=1S/C18H15BO3.K.H/c1-4-10-16(11-5-1)20-19(21-17-12-6-2-7-13-17)22-18-14-8-3-9-15-18;;/h1-15H;;/q;+1;-1. The van der Waals surface area contributed by atoms with E-state index in [0.29, 0.717) is 17.2 Å². The summed E-state index contributed by atoms with van der Waals surface area (Å²) in [5, 5.41) is 0. The maximum Gasteiger partial charge on any atom is 1.00 e. The Balaban J connectivity index is 0.00000144. The fourth-order valence-corrected chi connectivity index (χ4v) is 1.90. The smallest absolute Gasteiger partial charge is 1.00 e. The molecule has 0 aliphatic heterocycles. The molecule has 3 rings (SSSR count). The Hall–Kier alpha value is -1.24. The fourth-order valence-electron chi connectivity index (χ4n) is 1.90. The SMILES string of the molecule is [H-].[K+].c1ccc(OB(Oc2ccccc2)Oc2ccccc2)cc1. The molecule has 0 heterocycles. The molecule has 3 aromatic rings. The fraction of sp³-hybridized carbons (Fsp3) is 0. The molecule has 0 aliphatic carbocycles. The quantitative estimate of drug-likeness (QED) is 0.638. The van der Waals surface area contributed by atoms with Gasteiger partial charge < -0.3 is 15.4 Å². The average Bonchev–Trinajstić information content (AvgIpc) is 2.57. The van der Waals surface area contributed by atoms with Gasteiger partial charge in [0, 0.05) is 0 Å². The molecule has 0 N–H and O–H groups in total. The van der Waals surface area contributed by atoms with Crippen molar-refractivity contribution in [2.75, 3.05) is 0 Å². The molecule has 3 aromatic carbocycles. The van der Waals surface area contributed by atoms with Crippen molar-refractivity contribution < 1.29 is 66.8 Å². The zero-order valence-electron chi connectivity index (χ0n) is 14.0. The topological polar surface area (TPSA) is 27.7 Å². The molecule has 0 saturated carbocycles. The van der Waals surface area contributed by atoms with Gasteiger partial charge in [-0.25, -0.2) is 0 Å². The van der Waals surface area contributed by atoms with Gasteiger partial charge in [-0.1, -0.05) is 54.6 Å². The molecule has 0 atom stereocenters. The number of hydrogen-bond donors (Lipinski definition) is 0. The number of hydrogen-bond acceptors (Lipinski definition) is 3. The van der Waals surface area contributed by atoms with Crippen molar-refractivity contribution in [2.24, 2.45) is 0 Å². The predicted molar refractivity (Wildman–Crippen MR) is 88.1 cm³/mol. The second kappa shape index (κ2) is 9.80. The molecular weight excluding hydrogens is 314 g/mol. The molecule has 110 valence electrons. The largest absolute Gasteiger partial charge is 1.00 e. The first-order valence-electron chi connectivity index (χ1n) is 7.05. The van der Waals surface area contributed by atoms with Crippen LogP contribution in [0.25, 0.3) is 0 Å². The first-order valence-corrected chi connectivity index (χ1v) is 7.05. The van der Waals surface area contributed by atoms with Crippen LogP contribution in [0.4, 0.5) is 0 Å². The molecule has 0 aromatic heterocycles. The monoisotopic (exact) mass is 330 g/mol. The number of rotatable bonds is 6. The summed E-state index contributed by atoms with van der Waals surface area (Å²) < 4.78 is 17.3. The first-order chi connectivity index (χ1) is 10.9. The molecule has 0 saturated heterocycles. The molecule has 0 spiro atoms. The molecule has 0 unspecified atom stereocenters. The van der Waals surface area contributed by atoms with Crippen LogP contribution in [-0.4, -0.2) is 7.32 Å². The van der Waals surface area contributed by atoms with Gasteiger partial charge in [-0.3, -0.25) is 0 Å². The van der Waals surface area contributed by atoms with E-state index in [1.165, 1.54) is 0 Å². The number of para-hydroxylation sites is 3. The van der Waals surface area contributed by atoms with Crippen LogP contribution in [0.2, 0.25) is 0 Å². The van der Waals surface area contributed by atoms with E-state index in [1.54, 1.807) is 0 Å². The van der Waals surface area contributed by atoms with E-state index < -0.39 is 7.32 Å². The van der Waals surface area contributed by atoms with Crippen LogP contribution in [-0.2, 0) is 0 Å². The van der Waals surface area contributed by atoms with E-state index >= 15 is 0 Å². The summed E-state index contributed by atoms with van der Waals surface area (Å²) >= 11 is 0. The summed E-state index contributed by atoms with van der Waals surface area (Å²) in [5.74, 6) is 2.04. The summed E-state index contributed by atoms with van der Waals surface area (Å²) in [4.78, 5) is 0. The average molecular weight is 330 g/mol. The van der Waals surface area contributed by atoms with Crippen molar-refractivity contribution in [3.05, 3.63) is 91.0 Å². The molecule has 23 heavy (non-hydrogen) atoms. The Labute approximate surface area is 180 Å². The Morgan fingerprint density at radius 3 is 1.00 bits per heavy atom. The molecule has 3 nitrogen and oxygen atoms in total. The molecule has 0 fully saturated rings. The summed E-state index contributed by atoms with van der Waals surface area (Å²) in [6.07, 6.45) is 0. The van der Waals surface area contributed by atoms with Crippen molar-refractivity contribution in [1.82, 2.24) is 0 Å². The van der Waals surface area contributed by atoms with Crippen LogP contribution in [0.5, 0.6) is 17.2 Å². The predicted octanol–water partition coefficient (Wildman–Crippen LogP) is 1.32. The second-order valence-corrected chi connectivity index (χ2v) is 4.58. The summed E-state index contributed by atoms with van der Waals surface area (Å²) in [6, 6.07) is 28.3. The van der Waals surface area contributed by atoms with Gasteiger partial charge >= 0.3 is 58.7 Å². The molecule has 5 heteroatoms. The Morgan fingerprint density at radius 2 is 0.739 bits per heavy atom. The van der Waals surface area contributed by atoms with Crippen molar-refractivity contribution in [1.29, 1.82) is 0 Å². The van der Waals surface area contributed by atoms with Crippen molar-refractivity contribution in [3.63, 3.8) is 0 Å². The third-order valence-corrected chi connectivity index (χ3v) is 2.93. The molecule has 0 aliphatic rings. The van der Waals surface area contributed by atoms with Crippen LogP contribution in [0.1, 0.15) is 1.43 Å². The molecule has 0 amide bonds. The van der Waals surface area contributed by atoms with Gasteiger partial charge in [-0.05, 0) is 36.4 Å². The van der Waals surface area contributed by atoms with Crippen LogP contribution < -0.4 is 65.3 Å². The van der Waals surface area contributed by atoms with E-state index in [1.807, 2.05) is 91.0 Å². The van der Waals surface area contributed by atoms with Crippen LogP contribution in [0.15, 0.2) is 91.0 Å². The van der Waals surface area contributed by atoms with Crippen LogP contribution >= 0.6 is 0 Å². The minimum Gasteiger partial charge on any atom is -1.00 e. The van der Waals surface area contributed by atoms with Crippen molar-refractivity contribution in [3.8, 4) is 17.2 Å². The van der Waals surface area contributed by atoms with Gasteiger partial charge in [0.2, 0.25) is 0 Å². The van der Waals surface area contributed by atoms with Crippen LogP contribution in [0, 0.1) is 0 Å². The van der Waals surface area contributed by atoms with E-state index in [-0.39, 0.29) is 52.8 Å². The summed E-state index contributed by atoms with van der Waals surface area (Å²) in [5.41, 5.74) is 0. The zero-order valence-corrected chi connectivity index (χ0v) is 16.1. The van der Waals surface area contributed by atoms with Crippen molar-refractivity contribution >= 4 is 7.32 Å². The first kappa shape index (κ1) is 18.1. The van der Waals surface area contributed by atoms with Crippen LogP contribution in [0.3, 0.4) is 0 Å². The molecule has 0 bridgehead atoms.